The SMILES string of the molecule is O=C(CN1C(=O)C2C3CC(C2C1=O)C1C3Sc2[nH]c(=O)sc2[C@@H]1c1cccs1)Nc1ccc2ccccc2c1. The van der Waals surface area contributed by atoms with Gasteiger partial charge in [-0.15, -0.1) is 23.1 Å². The van der Waals surface area contributed by atoms with Gasteiger partial charge in [-0.05, 0) is 58.5 Å². The van der Waals surface area contributed by atoms with Gasteiger partial charge in [0.2, 0.25) is 17.7 Å². The van der Waals surface area contributed by atoms with Crippen molar-refractivity contribution in [1.82, 2.24) is 9.88 Å². The van der Waals surface area contributed by atoms with E-state index in [-0.39, 0.29) is 64.0 Å². The van der Waals surface area contributed by atoms with Crippen LogP contribution in [0.5, 0.6) is 0 Å². The first-order valence-corrected chi connectivity index (χ1v) is 15.6. The number of aromatic nitrogens is 1. The lowest BCUT2D eigenvalue weighted by atomic mass is 9.69. The number of imide groups is 1. The monoisotopic (exact) mass is 573 g/mol. The van der Waals surface area contributed by atoms with Crippen molar-refractivity contribution in [3.05, 3.63) is 79.4 Å². The number of thiophene rings is 1. The number of hydrogen-bond donors (Lipinski definition) is 2. The number of fused-ring (bicyclic) bond motifs is 10. The summed E-state index contributed by atoms with van der Waals surface area (Å²) in [6.07, 6.45) is 0.841. The van der Waals surface area contributed by atoms with E-state index in [2.05, 4.69) is 21.7 Å². The molecule has 39 heavy (non-hydrogen) atoms. The third-order valence-corrected chi connectivity index (χ3v) is 12.5. The summed E-state index contributed by atoms with van der Waals surface area (Å²) in [7, 11) is 0. The van der Waals surface area contributed by atoms with Crippen LogP contribution in [0, 0.1) is 29.6 Å². The number of likely N-dealkylation sites (tertiary alicyclic amines) is 1. The molecule has 2 aromatic carbocycles. The van der Waals surface area contributed by atoms with Crippen LogP contribution in [-0.4, -0.2) is 39.4 Å². The Labute approximate surface area is 235 Å². The number of anilines is 1. The van der Waals surface area contributed by atoms with Gasteiger partial charge in [0.15, 0.2) is 0 Å². The van der Waals surface area contributed by atoms with Crippen molar-refractivity contribution in [1.29, 1.82) is 0 Å². The van der Waals surface area contributed by atoms with Crippen molar-refractivity contribution in [2.75, 3.05) is 11.9 Å². The van der Waals surface area contributed by atoms with E-state index in [0.717, 1.165) is 27.1 Å². The van der Waals surface area contributed by atoms with E-state index in [1.807, 2.05) is 48.5 Å². The molecule has 2 aliphatic carbocycles. The minimum atomic E-state index is -0.391. The number of thioether (sulfide) groups is 1. The van der Waals surface area contributed by atoms with Gasteiger partial charge in [0.1, 0.15) is 6.54 Å². The molecule has 2 aliphatic heterocycles. The second-order valence-corrected chi connectivity index (χ2v) is 14.0. The van der Waals surface area contributed by atoms with Crippen LogP contribution in [0.15, 0.2) is 69.8 Å². The number of aromatic amines is 1. The number of nitrogens with zero attached hydrogens (tertiary/aromatic N) is 1. The Morgan fingerprint density at radius 3 is 2.56 bits per heavy atom. The van der Waals surface area contributed by atoms with Gasteiger partial charge >= 0.3 is 4.87 Å². The largest absolute Gasteiger partial charge is 0.325 e. The predicted molar refractivity (Wildman–Crippen MR) is 152 cm³/mol. The summed E-state index contributed by atoms with van der Waals surface area (Å²) in [6.45, 7) is -0.269. The maximum atomic E-state index is 13.7. The zero-order chi connectivity index (χ0) is 26.4. The van der Waals surface area contributed by atoms with E-state index in [1.165, 1.54) is 21.1 Å². The molecule has 1 saturated heterocycles. The molecule has 0 spiro atoms. The van der Waals surface area contributed by atoms with Crippen LogP contribution in [0.25, 0.3) is 10.8 Å². The molecule has 10 heteroatoms. The Morgan fingerprint density at radius 2 is 1.77 bits per heavy atom. The van der Waals surface area contributed by atoms with Crippen molar-refractivity contribution in [2.45, 2.75) is 22.6 Å². The summed E-state index contributed by atoms with van der Waals surface area (Å²) >= 11 is 4.63. The van der Waals surface area contributed by atoms with Gasteiger partial charge in [-0.25, -0.2) is 0 Å². The van der Waals surface area contributed by atoms with Crippen molar-refractivity contribution in [2.24, 2.45) is 29.6 Å². The van der Waals surface area contributed by atoms with Crippen LogP contribution in [-0.2, 0) is 14.4 Å². The number of carbonyl (C=O) groups excluding carboxylic acids is 3. The smallest absolute Gasteiger partial charge is 0.305 e. The van der Waals surface area contributed by atoms with E-state index in [9.17, 15) is 19.2 Å². The fourth-order valence-corrected chi connectivity index (χ4v) is 11.5. The molecule has 4 aliphatic rings. The van der Waals surface area contributed by atoms with Crippen LogP contribution in [0.4, 0.5) is 5.69 Å². The number of benzene rings is 2. The first-order valence-electron chi connectivity index (χ1n) is 13.0. The summed E-state index contributed by atoms with van der Waals surface area (Å²) in [4.78, 5) is 59.1. The van der Waals surface area contributed by atoms with Crippen LogP contribution >= 0.6 is 34.4 Å². The number of nitrogens with one attached hydrogen (secondary N) is 2. The molecule has 4 heterocycles. The van der Waals surface area contributed by atoms with Crippen LogP contribution in [0.1, 0.15) is 22.1 Å². The standard InChI is InChI=1S/C29H23N3O4S3/c33-19(30-15-8-7-13-4-1-2-5-14(13)10-15)12-32-27(34)21-16-11-17(22(21)28(32)35)24-20(16)23(18-6-3-9-37-18)25-26(38-24)31-29(36)39-25/h1-10,16-17,20-24H,11-12H2,(H,30,33)(H,31,36)/t16?,17?,20?,21?,22?,23-,24?/m1/s1. The van der Waals surface area contributed by atoms with Crippen molar-refractivity contribution in [3.63, 3.8) is 0 Å². The zero-order valence-corrected chi connectivity index (χ0v) is 23.0. The van der Waals surface area contributed by atoms with Crippen molar-refractivity contribution >= 4 is 68.6 Å². The maximum absolute atomic E-state index is 13.7. The lowest BCUT2D eigenvalue weighted by Crippen LogP contribution is -2.42. The molecule has 2 N–H and O–H groups in total. The molecule has 196 valence electrons. The van der Waals surface area contributed by atoms with Gasteiger partial charge in [-0.3, -0.25) is 24.1 Å². The molecule has 3 fully saturated rings. The van der Waals surface area contributed by atoms with Gasteiger partial charge in [-0.1, -0.05) is 47.7 Å². The summed E-state index contributed by atoms with van der Waals surface area (Å²) in [5.41, 5.74) is 0.638. The average molecular weight is 574 g/mol. The molecule has 7 atom stereocenters. The predicted octanol–water partition coefficient (Wildman–Crippen LogP) is 4.76. The normalized spacial score (nSPS) is 30.5. The highest BCUT2D eigenvalue weighted by Crippen LogP contribution is 2.68. The summed E-state index contributed by atoms with van der Waals surface area (Å²) in [6, 6.07) is 17.7. The molecule has 2 bridgehead atoms. The average Bonchev–Trinajstić information content (AvgIpc) is 3.74. The Kier molecular flexibility index (Phi) is 5.24. The fraction of sp³-hybridized carbons (Fsp3) is 0.310. The molecule has 0 radical (unpaired) electrons. The second-order valence-electron chi connectivity index (χ2n) is 10.8. The van der Waals surface area contributed by atoms with E-state index in [1.54, 1.807) is 23.1 Å². The van der Waals surface area contributed by atoms with Crippen LogP contribution in [0.3, 0.4) is 0 Å². The second kappa shape index (κ2) is 8.64. The number of rotatable bonds is 4. The molecule has 7 nitrogen and oxygen atoms in total. The van der Waals surface area contributed by atoms with Gasteiger partial charge in [-0.2, -0.15) is 0 Å². The van der Waals surface area contributed by atoms with E-state index in [0.29, 0.717) is 5.69 Å². The first kappa shape index (κ1) is 23.7. The highest BCUT2D eigenvalue weighted by atomic mass is 32.2. The molecule has 4 aromatic rings. The number of carbonyl (C=O) groups is 3. The number of H-pyrrole nitrogens is 1. The number of amides is 3. The minimum Gasteiger partial charge on any atom is -0.325 e. The summed E-state index contributed by atoms with van der Waals surface area (Å²) in [5, 5.41) is 8.07. The summed E-state index contributed by atoms with van der Waals surface area (Å²) < 4.78 is 0. The third kappa shape index (κ3) is 3.47. The van der Waals surface area contributed by atoms with Gasteiger partial charge < -0.3 is 10.3 Å². The number of hydrogen-bond acceptors (Lipinski definition) is 7. The lowest BCUT2D eigenvalue weighted by Gasteiger charge is -2.42. The highest BCUT2D eigenvalue weighted by Gasteiger charge is 2.69. The Balaban J connectivity index is 1.06. The van der Waals surface area contributed by atoms with Crippen molar-refractivity contribution in [3.8, 4) is 0 Å². The molecule has 2 saturated carbocycles. The number of thiazole rings is 1. The van der Waals surface area contributed by atoms with E-state index >= 15 is 0 Å². The van der Waals surface area contributed by atoms with Crippen LogP contribution in [0.2, 0.25) is 0 Å². The zero-order valence-electron chi connectivity index (χ0n) is 20.5. The lowest BCUT2D eigenvalue weighted by molar-refractivity contribution is -0.143. The molecule has 3 amide bonds. The Morgan fingerprint density at radius 1 is 0.974 bits per heavy atom. The molecular weight excluding hydrogens is 551 g/mol. The van der Waals surface area contributed by atoms with Crippen LogP contribution < -0.4 is 10.2 Å². The Hall–Kier alpha value is -3.21. The highest BCUT2D eigenvalue weighted by molar-refractivity contribution is 8.00. The Bertz CT molecular complexity index is 1730. The van der Waals surface area contributed by atoms with E-state index < -0.39 is 5.92 Å². The molecule has 8 rings (SSSR count). The molecule has 2 aromatic heterocycles. The van der Waals surface area contributed by atoms with E-state index in [4.69, 9.17) is 0 Å². The third-order valence-electron chi connectivity index (χ3n) is 9.00. The topological polar surface area (TPSA) is 99.3 Å². The minimum absolute atomic E-state index is 0.0546. The van der Waals surface area contributed by atoms with Gasteiger partial charge in [0, 0.05) is 26.6 Å². The quantitative estimate of drug-likeness (QED) is 0.343. The molecular formula is C29H23N3O4S3. The summed E-state index contributed by atoms with van der Waals surface area (Å²) in [5.74, 6) is -1.24. The van der Waals surface area contributed by atoms with Crippen molar-refractivity contribution < 1.29 is 14.4 Å². The first-order chi connectivity index (χ1) is 19.0. The van der Waals surface area contributed by atoms with Gasteiger partial charge in [0.25, 0.3) is 0 Å². The fourth-order valence-electron chi connectivity index (χ4n) is 7.63. The molecule has 6 unspecified atom stereocenters. The maximum Gasteiger partial charge on any atom is 0.305 e. The van der Waals surface area contributed by atoms with Gasteiger partial charge in [0.05, 0.1) is 16.9 Å².